The highest BCUT2D eigenvalue weighted by molar-refractivity contribution is 5.76. The first-order valence-electron chi connectivity index (χ1n) is 12.9. The maximum Gasteiger partial charge on any atom is 0.130 e. The van der Waals surface area contributed by atoms with Crippen molar-refractivity contribution in [2.24, 2.45) is 28.9 Å². The van der Waals surface area contributed by atoms with Gasteiger partial charge in [0.05, 0.1) is 16.6 Å². The van der Waals surface area contributed by atoms with Crippen molar-refractivity contribution in [1.82, 2.24) is 14.5 Å². The zero-order valence-corrected chi connectivity index (χ0v) is 19.5. The zero-order chi connectivity index (χ0) is 21.2. The summed E-state index contributed by atoms with van der Waals surface area (Å²) in [6, 6.07) is 9.23. The van der Waals surface area contributed by atoms with Crippen molar-refractivity contribution in [3.63, 3.8) is 0 Å². The molecule has 3 atom stereocenters. The Morgan fingerprint density at radius 3 is 2.48 bits per heavy atom. The van der Waals surface area contributed by atoms with Crippen molar-refractivity contribution in [2.75, 3.05) is 19.6 Å². The van der Waals surface area contributed by atoms with Gasteiger partial charge in [0.1, 0.15) is 5.82 Å². The summed E-state index contributed by atoms with van der Waals surface area (Å²) in [5.74, 6) is 4.06. The quantitative estimate of drug-likeness (QED) is 0.713. The maximum atomic E-state index is 6.95. The van der Waals surface area contributed by atoms with Crippen molar-refractivity contribution >= 4 is 11.0 Å². The van der Waals surface area contributed by atoms with Crippen LogP contribution in [0.5, 0.6) is 0 Å². The molecule has 2 bridgehead atoms. The van der Waals surface area contributed by atoms with Crippen molar-refractivity contribution in [3.8, 4) is 0 Å². The smallest absolute Gasteiger partial charge is 0.130 e. The monoisotopic (exact) mass is 420 g/mol. The summed E-state index contributed by atoms with van der Waals surface area (Å²) < 4.78 is 2.57. The van der Waals surface area contributed by atoms with Gasteiger partial charge in [0.15, 0.2) is 0 Å². The maximum absolute atomic E-state index is 6.95. The predicted octanol–water partition coefficient (Wildman–Crippen LogP) is 5.47. The molecule has 4 aliphatic carbocycles. The Hall–Kier alpha value is -1.39. The molecule has 3 unspecified atom stereocenters. The van der Waals surface area contributed by atoms with Crippen LogP contribution < -0.4 is 5.73 Å². The lowest BCUT2D eigenvalue weighted by Gasteiger charge is -2.61. The van der Waals surface area contributed by atoms with E-state index in [2.05, 4.69) is 47.6 Å². The number of benzene rings is 1. The van der Waals surface area contributed by atoms with Gasteiger partial charge in [-0.2, -0.15) is 0 Å². The molecule has 1 aromatic carbocycles. The number of nitrogens with two attached hydrogens (primary N) is 1. The third kappa shape index (κ3) is 3.20. The molecular weight excluding hydrogens is 380 g/mol. The van der Waals surface area contributed by atoms with Gasteiger partial charge in [-0.3, -0.25) is 0 Å². The largest absolute Gasteiger partial charge is 0.323 e. The topological polar surface area (TPSA) is 47.1 Å². The summed E-state index contributed by atoms with van der Waals surface area (Å²) in [7, 11) is 0. The van der Waals surface area contributed by atoms with Crippen molar-refractivity contribution in [2.45, 2.75) is 83.2 Å². The van der Waals surface area contributed by atoms with Crippen LogP contribution in [0.15, 0.2) is 24.3 Å². The number of para-hydroxylation sites is 2. The summed E-state index contributed by atoms with van der Waals surface area (Å²) in [5, 5.41) is 0. The van der Waals surface area contributed by atoms with Crippen molar-refractivity contribution in [1.29, 1.82) is 0 Å². The molecule has 0 amide bonds. The van der Waals surface area contributed by atoms with Gasteiger partial charge in [-0.05, 0) is 80.2 Å². The summed E-state index contributed by atoms with van der Waals surface area (Å²) in [6.45, 7) is 8.83. The van der Waals surface area contributed by atoms with Gasteiger partial charge in [-0.1, -0.05) is 38.8 Å². The van der Waals surface area contributed by atoms with E-state index in [1.165, 1.54) is 75.9 Å². The first-order valence-corrected chi connectivity index (χ1v) is 12.9. The van der Waals surface area contributed by atoms with E-state index < -0.39 is 0 Å². The van der Waals surface area contributed by atoms with Crippen LogP contribution in [0, 0.1) is 23.2 Å². The van der Waals surface area contributed by atoms with E-state index in [1.54, 1.807) is 0 Å². The fourth-order valence-electron chi connectivity index (χ4n) is 7.87. The summed E-state index contributed by atoms with van der Waals surface area (Å²) in [6.07, 6.45) is 11.5. The highest BCUT2D eigenvalue weighted by atomic mass is 15.2. The van der Waals surface area contributed by atoms with Crippen LogP contribution in [-0.2, 0) is 5.54 Å². The number of imidazole rings is 1. The van der Waals surface area contributed by atoms with E-state index in [-0.39, 0.29) is 5.54 Å². The van der Waals surface area contributed by atoms with E-state index in [0.717, 1.165) is 36.1 Å². The second kappa shape index (κ2) is 7.31. The van der Waals surface area contributed by atoms with E-state index >= 15 is 0 Å². The zero-order valence-electron chi connectivity index (χ0n) is 19.5. The third-order valence-corrected chi connectivity index (χ3v) is 9.95. The summed E-state index contributed by atoms with van der Waals surface area (Å²) >= 11 is 0. The molecule has 168 valence electrons. The first kappa shape index (κ1) is 20.2. The molecule has 1 saturated heterocycles. The molecule has 2 heterocycles. The molecule has 0 spiro atoms. The number of likely N-dealkylation sites (tertiary alicyclic amines) is 1. The first-order chi connectivity index (χ1) is 15.0. The van der Waals surface area contributed by atoms with E-state index in [0.29, 0.717) is 11.5 Å². The van der Waals surface area contributed by atoms with Gasteiger partial charge in [0.25, 0.3) is 0 Å². The molecule has 2 aromatic rings. The van der Waals surface area contributed by atoms with Gasteiger partial charge in [-0.15, -0.1) is 0 Å². The standard InChI is InChI=1S/C27H40N4/c1-26(2)20-10-9-19(22(26)17-20)18-30-15-11-21(12-16-30)31-24-8-4-3-7-23(24)29-25(31)27(28)13-5-6-14-27/h3-4,7-8,19-22H,5-6,9-18,28H2,1-2H3. The Labute approximate surface area is 187 Å². The number of rotatable bonds is 4. The number of nitrogens with zero attached hydrogens (tertiary/aromatic N) is 3. The Morgan fingerprint density at radius 1 is 1.03 bits per heavy atom. The van der Waals surface area contributed by atoms with Gasteiger partial charge < -0.3 is 15.2 Å². The third-order valence-electron chi connectivity index (χ3n) is 9.95. The van der Waals surface area contributed by atoms with Gasteiger partial charge in [-0.25, -0.2) is 4.98 Å². The van der Waals surface area contributed by atoms with Crippen LogP contribution >= 0.6 is 0 Å². The van der Waals surface area contributed by atoms with Crippen LogP contribution in [0.3, 0.4) is 0 Å². The Balaban J connectivity index is 1.20. The number of fused-ring (bicyclic) bond motifs is 3. The molecule has 4 nitrogen and oxygen atoms in total. The lowest BCUT2D eigenvalue weighted by Crippen LogP contribution is -2.55. The normalized spacial score (nSPS) is 32.9. The minimum Gasteiger partial charge on any atom is -0.323 e. The van der Waals surface area contributed by atoms with Crippen molar-refractivity contribution in [3.05, 3.63) is 30.1 Å². The van der Waals surface area contributed by atoms with Crippen LogP contribution in [0.2, 0.25) is 0 Å². The van der Waals surface area contributed by atoms with E-state index in [9.17, 15) is 0 Å². The lowest BCUT2D eigenvalue weighted by molar-refractivity contribution is -0.112. The predicted molar refractivity (Wildman–Crippen MR) is 127 cm³/mol. The highest BCUT2D eigenvalue weighted by Gasteiger charge is 2.54. The van der Waals surface area contributed by atoms with Crippen molar-refractivity contribution < 1.29 is 0 Å². The van der Waals surface area contributed by atoms with E-state index in [4.69, 9.17) is 10.7 Å². The Morgan fingerprint density at radius 2 is 1.77 bits per heavy atom. The molecule has 4 saturated carbocycles. The van der Waals surface area contributed by atoms with Gasteiger partial charge in [0, 0.05) is 25.7 Å². The molecule has 0 radical (unpaired) electrons. The molecule has 5 fully saturated rings. The molecule has 31 heavy (non-hydrogen) atoms. The average Bonchev–Trinajstić information content (AvgIpc) is 3.39. The SMILES string of the molecule is CC1(C)C2CCC(CN3CCC(n4c(C5(N)CCCC5)nc5ccccc54)CC3)C1C2. The lowest BCUT2D eigenvalue weighted by atomic mass is 9.45. The number of hydrogen-bond acceptors (Lipinski definition) is 3. The Kier molecular flexibility index (Phi) is 4.77. The van der Waals surface area contributed by atoms with Crippen LogP contribution in [0.1, 0.15) is 83.5 Å². The Bertz CT molecular complexity index is 943. The fourth-order valence-corrected chi connectivity index (χ4v) is 7.87. The van der Waals surface area contributed by atoms with Crippen LogP contribution in [0.4, 0.5) is 0 Å². The van der Waals surface area contributed by atoms with E-state index in [1.807, 2.05) is 0 Å². The molecule has 4 heteroatoms. The minimum absolute atomic E-state index is 0.232. The molecule has 1 aliphatic heterocycles. The molecule has 2 N–H and O–H groups in total. The van der Waals surface area contributed by atoms with Gasteiger partial charge in [0.2, 0.25) is 0 Å². The van der Waals surface area contributed by atoms with Crippen LogP contribution in [0.25, 0.3) is 11.0 Å². The molecule has 1 aromatic heterocycles. The van der Waals surface area contributed by atoms with Gasteiger partial charge >= 0.3 is 0 Å². The summed E-state index contributed by atoms with van der Waals surface area (Å²) in [5.41, 5.74) is 9.74. The number of hydrogen-bond donors (Lipinski definition) is 1. The second-order valence-electron chi connectivity index (χ2n) is 11.9. The molecular formula is C27H40N4. The highest BCUT2D eigenvalue weighted by Crippen LogP contribution is 2.61. The summed E-state index contributed by atoms with van der Waals surface area (Å²) in [4.78, 5) is 7.89. The fraction of sp³-hybridized carbons (Fsp3) is 0.741. The molecule has 7 rings (SSSR count). The number of piperidine rings is 1. The van der Waals surface area contributed by atoms with Crippen LogP contribution in [-0.4, -0.2) is 34.1 Å². The molecule has 5 aliphatic rings. The minimum atomic E-state index is -0.232. The second-order valence-corrected chi connectivity index (χ2v) is 11.9. The number of aromatic nitrogens is 2. The average molecular weight is 421 g/mol.